The lowest BCUT2D eigenvalue weighted by atomic mass is 9.96. The van der Waals surface area contributed by atoms with Gasteiger partial charge in [-0.25, -0.2) is 32.6 Å². The Labute approximate surface area is 284 Å². The second kappa shape index (κ2) is 14.5. The zero-order valence-electron chi connectivity index (χ0n) is 27.3. The number of Topliss-reactive ketones (excluding diaryl/α,β-unsaturated/α-hetero) is 1. The maximum absolute atomic E-state index is 14.8. The van der Waals surface area contributed by atoms with E-state index in [4.69, 9.17) is 21.8 Å². The van der Waals surface area contributed by atoms with E-state index in [0.717, 1.165) is 4.90 Å². The average Bonchev–Trinajstić information content (AvgIpc) is 3.72. The first-order chi connectivity index (χ1) is 22.5. The van der Waals surface area contributed by atoms with Gasteiger partial charge in [0.1, 0.15) is 24.4 Å². The van der Waals surface area contributed by atoms with Crippen molar-refractivity contribution in [1.29, 1.82) is 0 Å². The number of hydrogen-bond donors (Lipinski definition) is 2. The predicted molar refractivity (Wildman–Crippen MR) is 175 cm³/mol. The second-order valence-electron chi connectivity index (χ2n) is 12.5. The van der Waals surface area contributed by atoms with Gasteiger partial charge in [0.2, 0.25) is 5.78 Å². The Kier molecular flexibility index (Phi) is 11.0. The van der Waals surface area contributed by atoms with Gasteiger partial charge < -0.3 is 10.2 Å². The van der Waals surface area contributed by atoms with Crippen molar-refractivity contribution >= 4 is 51.2 Å². The fraction of sp³-hybridized carbons (Fsp3) is 0.394. The number of ketones is 1. The van der Waals surface area contributed by atoms with Crippen LogP contribution >= 0.6 is 11.6 Å². The van der Waals surface area contributed by atoms with E-state index in [-0.39, 0.29) is 34.4 Å². The van der Waals surface area contributed by atoms with E-state index in [9.17, 15) is 32.4 Å². The number of amides is 5. The van der Waals surface area contributed by atoms with Gasteiger partial charge in [0.15, 0.2) is 0 Å². The smallest absolute Gasteiger partial charge is 0.434 e. The number of benzene rings is 2. The van der Waals surface area contributed by atoms with Crippen LogP contribution in [-0.2, 0) is 14.8 Å². The maximum atomic E-state index is 14.8. The first-order valence-corrected chi connectivity index (χ1v) is 17.3. The molecule has 2 heterocycles. The third-order valence-corrected chi connectivity index (χ3v) is 10.2. The van der Waals surface area contributed by atoms with Gasteiger partial charge in [-0.2, -0.15) is 4.48 Å². The quantitative estimate of drug-likeness (QED) is 0.226. The van der Waals surface area contributed by atoms with Crippen LogP contribution in [0.3, 0.4) is 0 Å². The highest BCUT2D eigenvalue weighted by Crippen LogP contribution is 2.34. The zero-order chi connectivity index (χ0) is 35.6. The van der Waals surface area contributed by atoms with Crippen LogP contribution in [0.5, 0.6) is 0 Å². The van der Waals surface area contributed by atoms with E-state index >= 15 is 0 Å². The maximum Gasteiger partial charge on any atom is 0.434 e. The third kappa shape index (κ3) is 7.11. The molecule has 2 unspecified atom stereocenters. The highest BCUT2D eigenvalue weighted by Gasteiger charge is 2.59. The summed E-state index contributed by atoms with van der Waals surface area (Å²) in [4.78, 5) is 74.5. The van der Waals surface area contributed by atoms with Crippen LogP contribution in [0.15, 0.2) is 70.3 Å². The van der Waals surface area contributed by atoms with E-state index in [1.54, 1.807) is 34.6 Å². The first kappa shape index (κ1) is 36.6. The number of hydrogen-bond acceptors (Lipinski definition) is 10. The Morgan fingerprint density at radius 1 is 0.979 bits per heavy atom. The zero-order valence-corrected chi connectivity index (χ0v) is 28.8. The van der Waals surface area contributed by atoms with Crippen molar-refractivity contribution in [3.8, 4) is 0 Å². The summed E-state index contributed by atoms with van der Waals surface area (Å²) in [5.74, 6) is -4.47. The monoisotopic (exact) mass is 700 g/mol. The van der Waals surface area contributed by atoms with Crippen molar-refractivity contribution in [2.75, 3.05) is 6.54 Å². The summed E-state index contributed by atoms with van der Waals surface area (Å²) in [6.45, 7) is 8.63. The Balaban J connectivity index is 1.75. The number of urea groups is 1. The van der Waals surface area contributed by atoms with Crippen LogP contribution in [0.1, 0.15) is 78.9 Å². The number of aromatic nitrogens is 1. The minimum absolute atomic E-state index is 0.0856. The number of oxazole rings is 1. The summed E-state index contributed by atoms with van der Waals surface area (Å²) < 4.78 is 31.9. The van der Waals surface area contributed by atoms with E-state index in [2.05, 4.69) is 4.98 Å². The van der Waals surface area contributed by atoms with E-state index in [0.29, 0.717) is 17.9 Å². The topological polar surface area (TPSA) is 187 Å². The molecule has 48 heavy (non-hydrogen) atoms. The molecule has 0 bridgehead atoms. The van der Waals surface area contributed by atoms with Gasteiger partial charge in [0, 0.05) is 29.0 Å². The summed E-state index contributed by atoms with van der Waals surface area (Å²) in [6.07, 6.45) is 3.47. The molecular weight excluding hydrogens is 662 g/mol. The number of imide groups is 2. The van der Waals surface area contributed by atoms with Crippen LogP contribution in [0.25, 0.3) is 0 Å². The van der Waals surface area contributed by atoms with Gasteiger partial charge >= 0.3 is 11.9 Å². The molecular formula is C33H39ClN5O8S+. The molecule has 15 heteroatoms. The molecule has 4 atom stereocenters. The molecule has 3 N–H and O–H groups in total. The Morgan fingerprint density at radius 2 is 1.58 bits per heavy atom. The predicted octanol–water partition coefficient (Wildman–Crippen LogP) is 4.43. The molecule has 0 radical (unpaired) electrons. The largest absolute Gasteiger partial charge is 0.442 e. The number of carbonyl (C=O) groups excluding carboxylic acids is 5. The van der Waals surface area contributed by atoms with Gasteiger partial charge in [-0.3, -0.25) is 14.4 Å². The Hall–Kier alpha value is -4.24. The number of nitrogens with one attached hydrogen (secondary N) is 1. The van der Waals surface area contributed by atoms with Crippen LogP contribution in [0, 0.1) is 11.8 Å². The molecule has 1 aliphatic rings. The van der Waals surface area contributed by atoms with E-state index in [1.165, 1.54) is 61.0 Å². The standard InChI is InChI=1S/C33H38ClN5O8S/c1-19(2)26(35)32(43)39(17-6-7-21(39)5)33(44)38(27(20(3)4)28(40)30-36-16-18-47-30)31(42)23-10-8-22(9-11-23)29(41)37-48(45,46)25-14-12-24(34)13-15-25/h8-16,18-21,26-27H,6-7,17,35H2,1-5H3/p+1/t21-,26+,27?,39?/m1/s1. The van der Waals surface area contributed by atoms with Crippen molar-refractivity contribution < 1.29 is 41.3 Å². The Bertz CT molecular complexity index is 1790. The minimum Gasteiger partial charge on any atom is -0.442 e. The van der Waals surface area contributed by atoms with Crippen molar-refractivity contribution in [3.05, 3.63) is 83.0 Å². The molecule has 0 aliphatic carbocycles. The van der Waals surface area contributed by atoms with Gasteiger partial charge in [-0.15, -0.1) is 0 Å². The first-order valence-electron chi connectivity index (χ1n) is 15.4. The molecule has 2 aromatic carbocycles. The van der Waals surface area contributed by atoms with Crippen molar-refractivity contribution in [2.45, 2.75) is 70.5 Å². The minimum atomic E-state index is -4.24. The van der Waals surface area contributed by atoms with Crippen molar-refractivity contribution in [3.63, 3.8) is 0 Å². The Morgan fingerprint density at radius 3 is 2.08 bits per heavy atom. The lowest BCUT2D eigenvalue weighted by molar-refractivity contribution is -0.788. The molecule has 1 saturated heterocycles. The average molecular weight is 701 g/mol. The summed E-state index contributed by atoms with van der Waals surface area (Å²) in [6, 6.07) is 6.22. The molecule has 13 nitrogen and oxygen atoms in total. The van der Waals surface area contributed by atoms with Gasteiger partial charge in [-0.1, -0.05) is 39.3 Å². The lowest BCUT2D eigenvalue weighted by Crippen LogP contribution is -2.70. The van der Waals surface area contributed by atoms with E-state index in [1.807, 2.05) is 4.72 Å². The molecule has 4 rings (SSSR count). The fourth-order valence-electron chi connectivity index (χ4n) is 5.80. The van der Waals surface area contributed by atoms with E-state index < -0.39 is 68.1 Å². The second-order valence-corrected chi connectivity index (χ2v) is 14.6. The summed E-state index contributed by atoms with van der Waals surface area (Å²) >= 11 is 5.83. The highest BCUT2D eigenvalue weighted by atomic mass is 35.5. The number of carbonyl (C=O) groups is 5. The molecule has 256 valence electrons. The van der Waals surface area contributed by atoms with Crippen LogP contribution in [0.2, 0.25) is 5.02 Å². The molecule has 1 fully saturated rings. The molecule has 3 aromatic rings. The number of halogens is 1. The third-order valence-electron chi connectivity index (χ3n) is 8.61. The SMILES string of the molecule is CC(C)C(C(=O)c1ncco1)N(C(=O)c1ccc(C(=O)NS(=O)(=O)c2ccc(Cl)cc2)cc1)C(=O)[N+]1(C(=O)[C@@H](N)C(C)C)CCC[C@H]1C. The van der Waals surface area contributed by atoms with Gasteiger partial charge in [0.05, 0.1) is 17.6 Å². The molecule has 0 spiro atoms. The van der Waals surface area contributed by atoms with Crippen molar-refractivity contribution in [1.82, 2.24) is 14.6 Å². The van der Waals surface area contributed by atoms with Crippen LogP contribution in [-0.4, -0.2) is 77.0 Å². The number of quaternary nitrogens is 1. The molecule has 1 aliphatic heterocycles. The molecule has 5 amide bonds. The lowest BCUT2D eigenvalue weighted by Gasteiger charge is -2.40. The van der Waals surface area contributed by atoms with Crippen LogP contribution in [0.4, 0.5) is 4.79 Å². The molecule has 1 aromatic heterocycles. The highest BCUT2D eigenvalue weighted by molar-refractivity contribution is 7.90. The molecule has 0 saturated carbocycles. The summed E-state index contributed by atoms with van der Waals surface area (Å²) in [5.41, 5.74) is 6.11. The summed E-state index contributed by atoms with van der Waals surface area (Å²) in [7, 11) is -4.24. The number of likely N-dealkylation sites (tertiary alicyclic amines) is 1. The van der Waals surface area contributed by atoms with Gasteiger partial charge in [0.25, 0.3) is 27.7 Å². The fourth-order valence-corrected chi connectivity index (χ4v) is 6.91. The summed E-state index contributed by atoms with van der Waals surface area (Å²) in [5, 5.41) is 0.314. The number of rotatable bonds is 10. The van der Waals surface area contributed by atoms with Crippen LogP contribution < -0.4 is 10.5 Å². The number of nitrogens with zero attached hydrogens (tertiary/aromatic N) is 3. The normalized spacial score (nSPS) is 19.1. The number of nitrogens with two attached hydrogens (primary N) is 1. The van der Waals surface area contributed by atoms with Gasteiger partial charge in [-0.05, 0) is 67.3 Å². The van der Waals surface area contributed by atoms with Crippen molar-refractivity contribution in [2.24, 2.45) is 17.6 Å². The number of sulfonamides is 1.